The molecule has 0 spiro atoms. The Morgan fingerprint density at radius 3 is 1.18 bits per heavy atom. The van der Waals surface area contributed by atoms with E-state index in [9.17, 15) is 0 Å². The molecule has 22 heavy (non-hydrogen) atoms. The van der Waals surface area contributed by atoms with Crippen molar-refractivity contribution in [2.45, 2.75) is 39.3 Å². The summed E-state index contributed by atoms with van der Waals surface area (Å²) in [6.07, 6.45) is 0. The molecule has 2 aromatic rings. The van der Waals surface area contributed by atoms with Crippen LogP contribution in [-0.2, 0) is 21.7 Å². The van der Waals surface area contributed by atoms with Gasteiger partial charge in [-0.1, -0.05) is 39.3 Å². The van der Waals surface area contributed by atoms with E-state index >= 15 is 0 Å². The van der Waals surface area contributed by atoms with Gasteiger partial charge in [-0.3, -0.25) is 0 Å². The number of hydrogen-bond acceptors (Lipinski definition) is 0. The molecule has 0 bridgehead atoms. The molecule has 2 rings (SSSR count). The minimum Gasteiger partial charge on any atom is -0.533 e. The molecule has 0 aliphatic rings. The first-order chi connectivity index (χ1) is 9.63. The zero-order valence-electron chi connectivity index (χ0n) is 15.0. The molecular weight excluding hydrogens is 332 g/mol. The summed E-state index contributed by atoms with van der Waals surface area (Å²) in [7, 11) is -2.29. The SMILES string of the molecule is [CH2-]C(=[C-][Si](C)(C)C)[Si](C)(C)C.[Ti].c1cc[cH-]c1.c1cc[cH-]c1. The molecule has 0 heterocycles. The van der Waals surface area contributed by atoms with Gasteiger partial charge in [0.2, 0.25) is 0 Å². The maximum Gasteiger partial charge on any atom is 0.00870 e. The summed E-state index contributed by atoms with van der Waals surface area (Å²) in [4.78, 5) is 0. The molecule has 0 nitrogen and oxygen atoms in total. The van der Waals surface area contributed by atoms with Crippen LogP contribution in [0.2, 0.25) is 39.3 Å². The minimum absolute atomic E-state index is 0. The second-order valence-corrected chi connectivity index (χ2v) is 16.9. The van der Waals surface area contributed by atoms with Crippen molar-refractivity contribution in [2.24, 2.45) is 0 Å². The van der Waals surface area contributed by atoms with Crippen molar-refractivity contribution in [3.8, 4) is 0 Å². The Kier molecular flexibility index (Phi) is 12.9. The topological polar surface area (TPSA) is 0 Å². The first-order valence-electron chi connectivity index (χ1n) is 7.44. The first-order valence-corrected chi connectivity index (χ1v) is 14.4. The summed E-state index contributed by atoms with van der Waals surface area (Å²) in [5.74, 6) is 0. The third-order valence-corrected chi connectivity index (χ3v) is 5.78. The molecule has 0 saturated carbocycles. The van der Waals surface area contributed by atoms with Crippen molar-refractivity contribution < 1.29 is 21.7 Å². The molecule has 2 aromatic carbocycles. The van der Waals surface area contributed by atoms with Crippen LogP contribution in [0, 0.1) is 12.6 Å². The summed E-state index contributed by atoms with van der Waals surface area (Å²) in [6.45, 7) is 18.0. The van der Waals surface area contributed by atoms with E-state index in [1.807, 2.05) is 60.7 Å². The van der Waals surface area contributed by atoms with Crippen LogP contribution in [0.25, 0.3) is 0 Å². The van der Waals surface area contributed by atoms with Crippen LogP contribution in [0.1, 0.15) is 0 Å². The van der Waals surface area contributed by atoms with E-state index in [1.165, 1.54) is 5.20 Å². The van der Waals surface area contributed by atoms with E-state index in [0.717, 1.165) is 0 Å². The van der Waals surface area contributed by atoms with Crippen LogP contribution < -0.4 is 0 Å². The van der Waals surface area contributed by atoms with Gasteiger partial charge in [0.15, 0.2) is 0 Å². The quantitative estimate of drug-likeness (QED) is 0.446. The molecule has 122 valence electrons. The Morgan fingerprint density at radius 2 is 1.09 bits per heavy atom. The van der Waals surface area contributed by atoms with Crippen LogP contribution >= 0.6 is 0 Å². The van der Waals surface area contributed by atoms with Crippen molar-refractivity contribution in [1.82, 2.24) is 0 Å². The van der Waals surface area contributed by atoms with Crippen molar-refractivity contribution in [3.63, 3.8) is 0 Å². The Hall–Kier alpha value is -0.542. The molecule has 0 unspecified atom stereocenters. The van der Waals surface area contributed by atoms with E-state index in [1.54, 1.807) is 0 Å². The molecule has 0 atom stereocenters. The zero-order valence-corrected chi connectivity index (χ0v) is 18.5. The predicted octanol–water partition coefficient (Wildman–Crippen LogP) is 6.11. The van der Waals surface area contributed by atoms with Crippen LogP contribution in [0.3, 0.4) is 0 Å². The molecule has 0 aliphatic carbocycles. The van der Waals surface area contributed by atoms with E-state index in [4.69, 9.17) is 0 Å². The smallest absolute Gasteiger partial charge is 0.00870 e. The number of hydrogen-bond donors (Lipinski definition) is 0. The van der Waals surface area contributed by atoms with Gasteiger partial charge >= 0.3 is 0 Å². The summed E-state index contributed by atoms with van der Waals surface area (Å²) in [5, 5.41) is 1.30. The van der Waals surface area contributed by atoms with Gasteiger partial charge in [-0.2, -0.15) is 36.4 Å². The second kappa shape index (κ2) is 12.0. The first kappa shape index (κ1) is 23.7. The monoisotopic (exact) mass is 362 g/mol. The van der Waals surface area contributed by atoms with Crippen LogP contribution in [-0.4, -0.2) is 16.1 Å². The van der Waals surface area contributed by atoms with E-state index in [0.29, 0.717) is 0 Å². The van der Waals surface area contributed by atoms with Crippen LogP contribution in [0.5, 0.6) is 0 Å². The molecule has 3 heteroatoms. The molecule has 0 N–H and O–H groups in total. The Balaban J connectivity index is 0. The van der Waals surface area contributed by atoms with Crippen LogP contribution in [0.15, 0.2) is 65.9 Å². The summed E-state index contributed by atoms with van der Waals surface area (Å²) in [5.41, 5.74) is 3.57. The number of rotatable bonds is 2. The third-order valence-electron chi connectivity index (χ3n) is 2.54. The van der Waals surface area contributed by atoms with Gasteiger partial charge in [-0.05, 0) is 0 Å². The third kappa shape index (κ3) is 15.8. The van der Waals surface area contributed by atoms with Crippen molar-refractivity contribution in [2.75, 3.05) is 0 Å². The molecule has 0 aromatic heterocycles. The largest absolute Gasteiger partial charge is 0.533 e. The molecule has 0 aliphatic heterocycles. The van der Waals surface area contributed by atoms with Gasteiger partial charge in [0, 0.05) is 29.8 Å². The second-order valence-electron chi connectivity index (χ2n) is 7.03. The van der Waals surface area contributed by atoms with Crippen LogP contribution in [0.4, 0.5) is 0 Å². The fourth-order valence-electron chi connectivity index (χ4n) is 1.28. The standard InChI is InChI=1S/C9H20Si2.2C5H5.Ti/c1-9(11(5,6)7)8-10(2,3)4;2*1-2-4-5-3-1;/h1H2,2-7H3;2*1-5H;/q-2;2*-1;. The Morgan fingerprint density at radius 1 is 0.773 bits per heavy atom. The maximum atomic E-state index is 4.10. The zero-order chi connectivity index (χ0) is 16.4. The average Bonchev–Trinajstić information content (AvgIpc) is 3.05. The average molecular weight is 362 g/mol. The normalized spacial score (nSPS) is 11.3. The Bertz CT molecular complexity index is 394. The van der Waals surface area contributed by atoms with Crippen molar-refractivity contribution in [1.29, 1.82) is 0 Å². The van der Waals surface area contributed by atoms with Crippen molar-refractivity contribution in [3.05, 3.63) is 78.5 Å². The van der Waals surface area contributed by atoms with Gasteiger partial charge in [0.25, 0.3) is 0 Å². The number of allylic oxidation sites excluding steroid dienone is 1. The van der Waals surface area contributed by atoms with Gasteiger partial charge in [-0.15, -0.1) is 8.07 Å². The molecule has 0 saturated heterocycles. The molecule has 0 fully saturated rings. The van der Waals surface area contributed by atoms with Gasteiger partial charge in [0.1, 0.15) is 0 Å². The molecule has 0 radical (unpaired) electrons. The molecule has 0 amide bonds. The fourth-order valence-corrected chi connectivity index (χ4v) is 4.81. The summed E-state index contributed by atoms with van der Waals surface area (Å²) < 4.78 is 0. The van der Waals surface area contributed by atoms with Crippen molar-refractivity contribution >= 4 is 16.1 Å². The van der Waals surface area contributed by atoms with Gasteiger partial charge in [-0.25, -0.2) is 24.3 Å². The van der Waals surface area contributed by atoms with Gasteiger partial charge < -0.3 is 17.8 Å². The van der Waals surface area contributed by atoms with E-state index in [2.05, 4.69) is 51.9 Å². The molecular formula is C19H30Si2Ti-4. The van der Waals surface area contributed by atoms with E-state index in [-0.39, 0.29) is 21.7 Å². The Labute approximate surface area is 155 Å². The summed E-state index contributed by atoms with van der Waals surface area (Å²) in [6, 6.07) is 20.0. The van der Waals surface area contributed by atoms with Gasteiger partial charge in [0.05, 0.1) is 0 Å². The maximum absolute atomic E-state index is 4.10. The van der Waals surface area contributed by atoms with E-state index < -0.39 is 16.1 Å². The predicted molar refractivity (Wildman–Crippen MR) is 103 cm³/mol. The minimum atomic E-state index is -1.14. The summed E-state index contributed by atoms with van der Waals surface area (Å²) >= 11 is 0. The fraction of sp³-hybridized carbons (Fsp3) is 0.316.